The Kier molecular flexibility index (Phi) is 5.59. The molecule has 0 aromatic heterocycles. The quantitative estimate of drug-likeness (QED) is 0.898. The third-order valence-corrected chi connectivity index (χ3v) is 4.32. The van der Waals surface area contributed by atoms with Gasteiger partial charge >= 0.3 is 0 Å². The number of fused-ring (bicyclic) bond motifs is 1. The highest BCUT2D eigenvalue weighted by Crippen LogP contribution is 2.34. The molecule has 0 radical (unpaired) electrons. The van der Waals surface area contributed by atoms with Crippen molar-refractivity contribution in [2.45, 2.75) is 32.7 Å². The molecule has 0 saturated carbocycles. The number of amides is 1. The summed E-state index contributed by atoms with van der Waals surface area (Å²) in [5, 5.41) is 3.17. The zero-order chi connectivity index (χ0) is 17.6. The van der Waals surface area contributed by atoms with Crippen LogP contribution in [0, 0.1) is 5.92 Å². The summed E-state index contributed by atoms with van der Waals surface area (Å²) in [7, 11) is 0. The topological polar surface area (TPSA) is 47.6 Å². The molecule has 4 heteroatoms. The van der Waals surface area contributed by atoms with E-state index in [4.69, 9.17) is 9.47 Å². The Bertz CT molecular complexity index is 712. The summed E-state index contributed by atoms with van der Waals surface area (Å²) in [4.78, 5) is 12.5. The molecule has 1 aliphatic heterocycles. The molecule has 1 N–H and O–H groups in total. The summed E-state index contributed by atoms with van der Waals surface area (Å²) in [6.07, 6.45) is 1.26. The minimum Gasteiger partial charge on any atom is -0.490 e. The molecule has 0 spiro atoms. The van der Waals surface area contributed by atoms with Gasteiger partial charge in [-0.1, -0.05) is 50.2 Å². The lowest BCUT2D eigenvalue weighted by molar-refractivity contribution is -0.121. The summed E-state index contributed by atoms with van der Waals surface area (Å²) in [5.41, 5.74) is 2.06. The molecule has 0 saturated heterocycles. The summed E-state index contributed by atoms with van der Waals surface area (Å²) in [6, 6.07) is 15.7. The van der Waals surface area contributed by atoms with E-state index in [0.717, 1.165) is 29.0 Å². The zero-order valence-electron chi connectivity index (χ0n) is 14.8. The SMILES string of the molecule is CC(C)[C@@H](NC(=O)Cc1ccccc1)c1ccc2c(c1)OCCCO2. The molecule has 0 fully saturated rings. The van der Waals surface area contributed by atoms with Gasteiger partial charge < -0.3 is 14.8 Å². The summed E-state index contributed by atoms with van der Waals surface area (Å²) < 4.78 is 11.5. The third-order valence-electron chi connectivity index (χ3n) is 4.32. The van der Waals surface area contributed by atoms with E-state index in [1.54, 1.807) is 0 Å². The van der Waals surface area contributed by atoms with Crippen LogP contribution >= 0.6 is 0 Å². The molecule has 4 nitrogen and oxygen atoms in total. The zero-order valence-corrected chi connectivity index (χ0v) is 14.8. The number of rotatable bonds is 5. The molecule has 0 aliphatic carbocycles. The Balaban J connectivity index is 1.74. The third kappa shape index (κ3) is 4.53. The molecule has 132 valence electrons. The summed E-state index contributed by atoms with van der Waals surface area (Å²) in [5.74, 6) is 1.83. The molecule has 3 rings (SSSR count). The van der Waals surface area contributed by atoms with Crippen molar-refractivity contribution in [3.8, 4) is 11.5 Å². The fourth-order valence-electron chi connectivity index (χ4n) is 3.01. The van der Waals surface area contributed by atoms with Crippen molar-refractivity contribution in [2.75, 3.05) is 13.2 Å². The van der Waals surface area contributed by atoms with Gasteiger partial charge in [-0.3, -0.25) is 4.79 Å². The maximum Gasteiger partial charge on any atom is 0.224 e. The lowest BCUT2D eigenvalue weighted by atomic mass is 9.95. The first kappa shape index (κ1) is 17.3. The lowest BCUT2D eigenvalue weighted by Crippen LogP contribution is -2.32. The molecule has 0 bridgehead atoms. The van der Waals surface area contributed by atoms with E-state index in [-0.39, 0.29) is 17.9 Å². The van der Waals surface area contributed by atoms with Crippen molar-refractivity contribution in [3.05, 3.63) is 59.7 Å². The van der Waals surface area contributed by atoms with Crippen molar-refractivity contribution in [1.82, 2.24) is 5.32 Å². The van der Waals surface area contributed by atoms with Crippen LogP contribution in [0.5, 0.6) is 11.5 Å². The van der Waals surface area contributed by atoms with Gasteiger partial charge in [0.2, 0.25) is 5.91 Å². The highest BCUT2D eigenvalue weighted by Gasteiger charge is 2.21. The Labute approximate surface area is 149 Å². The number of nitrogens with one attached hydrogen (secondary N) is 1. The molecule has 1 heterocycles. The summed E-state index contributed by atoms with van der Waals surface area (Å²) >= 11 is 0. The largest absolute Gasteiger partial charge is 0.490 e. The van der Waals surface area contributed by atoms with Crippen molar-refractivity contribution in [3.63, 3.8) is 0 Å². The van der Waals surface area contributed by atoms with Crippen LogP contribution in [0.2, 0.25) is 0 Å². The Morgan fingerprint density at radius 3 is 2.48 bits per heavy atom. The first-order valence-corrected chi connectivity index (χ1v) is 8.86. The highest BCUT2D eigenvalue weighted by molar-refractivity contribution is 5.79. The highest BCUT2D eigenvalue weighted by atomic mass is 16.5. The molecule has 1 amide bonds. The van der Waals surface area contributed by atoms with E-state index >= 15 is 0 Å². The van der Waals surface area contributed by atoms with Crippen LogP contribution in [0.15, 0.2) is 48.5 Å². The average Bonchev–Trinajstić information content (AvgIpc) is 2.85. The minimum absolute atomic E-state index is 0.0250. The van der Waals surface area contributed by atoms with Gasteiger partial charge in [0.25, 0.3) is 0 Å². The van der Waals surface area contributed by atoms with E-state index in [2.05, 4.69) is 19.2 Å². The second-order valence-corrected chi connectivity index (χ2v) is 6.71. The standard InChI is InChI=1S/C21H25NO3/c1-15(2)21(22-20(23)13-16-7-4-3-5-8-16)17-9-10-18-19(14-17)25-12-6-11-24-18/h3-5,7-10,14-15,21H,6,11-13H2,1-2H3,(H,22,23)/t21-/m1/s1. The number of hydrogen-bond donors (Lipinski definition) is 1. The van der Waals surface area contributed by atoms with E-state index < -0.39 is 0 Å². The molecule has 2 aromatic rings. The van der Waals surface area contributed by atoms with E-state index in [1.807, 2.05) is 48.5 Å². The van der Waals surface area contributed by atoms with Gasteiger partial charge in [-0.25, -0.2) is 0 Å². The summed E-state index contributed by atoms with van der Waals surface area (Å²) in [6.45, 7) is 5.55. The Hall–Kier alpha value is -2.49. The average molecular weight is 339 g/mol. The van der Waals surface area contributed by atoms with E-state index in [0.29, 0.717) is 19.6 Å². The first-order valence-electron chi connectivity index (χ1n) is 8.86. The molecule has 25 heavy (non-hydrogen) atoms. The van der Waals surface area contributed by atoms with E-state index in [9.17, 15) is 4.79 Å². The second-order valence-electron chi connectivity index (χ2n) is 6.71. The van der Waals surface area contributed by atoms with Crippen LogP contribution in [0.25, 0.3) is 0 Å². The first-order chi connectivity index (χ1) is 12.1. The monoisotopic (exact) mass is 339 g/mol. The van der Waals surface area contributed by atoms with Gasteiger partial charge in [0.15, 0.2) is 11.5 Å². The minimum atomic E-state index is -0.0617. The van der Waals surface area contributed by atoms with Crippen LogP contribution in [0.4, 0.5) is 0 Å². The van der Waals surface area contributed by atoms with Crippen molar-refractivity contribution >= 4 is 5.91 Å². The molecule has 1 atom stereocenters. The molecule has 2 aromatic carbocycles. The number of ether oxygens (including phenoxy) is 2. The molecule has 0 unspecified atom stereocenters. The van der Waals surface area contributed by atoms with Crippen LogP contribution in [0.1, 0.15) is 37.4 Å². The lowest BCUT2D eigenvalue weighted by Gasteiger charge is -2.24. The van der Waals surface area contributed by atoms with E-state index in [1.165, 1.54) is 0 Å². The van der Waals surface area contributed by atoms with Crippen LogP contribution < -0.4 is 14.8 Å². The van der Waals surface area contributed by atoms with Crippen molar-refractivity contribution < 1.29 is 14.3 Å². The van der Waals surface area contributed by atoms with Crippen molar-refractivity contribution in [1.29, 1.82) is 0 Å². The fourth-order valence-corrected chi connectivity index (χ4v) is 3.01. The van der Waals surface area contributed by atoms with Gasteiger partial charge in [0.1, 0.15) is 0 Å². The Morgan fingerprint density at radius 2 is 1.76 bits per heavy atom. The number of carbonyl (C=O) groups excluding carboxylic acids is 1. The van der Waals surface area contributed by atoms with Crippen molar-refractivity contribution in [2.24, 2.45) is 5.92 Å². The van der Waals surface area contributed by atoms with Crippen LogP contribution in [0.3, 0.4) is 0 Å². The van der Waals surface area contributed by atoms with Crippen LogP contribution in [-0.2, 0) is 11.2 Å². The fraction of sp³-hybridized carbons (Fsp3) is 0.381. The van der Waals surface area contributed by atoms with Gasteiger partial charge in [-0.15, -0.1) is 0 Å². The number of benzene rings is 2. The van der Waals surface area contributed by atoms with Gasteiger partial charge in [0.05, 0.1) is 25.7 Å². The van der Waals surface area contributed by atoms with Gasteiger partial charge in [-0.05, 0) is 29.2 Å². The molecular formula is C21H25NO3. The normalized spacial score (nSPS) is 14.7. The molecule has 1 aliphatic rings. The van der Waals surface area contributed by atoms with Gasteiger partial charge in [-0.2, -0.15) is 0 Å². The predicted octanol–water partition coefficient (Wildman–Crippen LogP) is 3.90. The maximum atomic E-state index is 12.5. The predicted molar refractivity (Wildman–Crippen MR) is 97.9 cm³/mol. The number of hydrogen-bond acceptors (Lipinski definition) is 3. The smallest absolute Gasteiger partial charge is 0.224 e. The maximum absolute atomic E-state index is 12.5. The van der Waals surface area contributed by atoms with Gasteiger partial charge in [0, 0.05) is 6.42 Å². The number of carbonyl (C=O) groups is 1. The Morgan fingerprint density at radius 1 is 1.04 bits per heavy atom. The molecular weight excluding hydrogens is 314 g/mol. The second kappa shape index (κ2) is 8.06. The van der Waals surface area contributed by atoms with Crippen LogP contribution in [-0.4, -0.2) is 19.1 Å².